The highest BCUT2D eigenvalue weighted by atomic mass is 16.7. The first-order chi connectivity index (χ1) is 35.0. The molecule has 3 fully saturated rings. The molecular formula is C54H87N3O17. The number of benzene rings is 1. The monoisotopic (exact) mass is 1050 g/mol. The summed E-state index contributed by atoms with van der Waals surface area (Å²) in [6.07, 6.45) is -8.77. The van der Waals surface area contributed by atoms with Crippen LogP contribution in [0.5, 0.6) is 0 Å². The number of nitrogens with zero attached hydrogens (tertiary/aromatic N) is 3. The number of carbonyl (C=O) groups excluding carboxylic acids is 6. The Balaban J connectivity index is 1.74. The van der Waals surface area contributed by atoms with Gasteiger partial charge in [0.1, 0.15) is 42.9 Å². The van der Waals surface area contributed by atoms with Crippen LogP contribution >= 0.6 is 0 Å². The highest BCUT2D eigenvalue weighted by Crippen LogP contribution is 2.39. The Bertz CT molecular complexity index is 1930. The third kappa shape index (κ3) is 18.3. The van der Waals surface area contributed by atoms with Crippen LogP contribution in [0.25, 0.3) is 0 Å². The minimum atomic E-state index is -1.46. The molecule has 1 aromatic carbocycles. The van der Waals surface area contributed by atoms with Gasteiger partial charge in [-0.05, 0) is 91.3 Å². The Morgan fingerprint density at radius 1 is 0.878 bits per heavy atom. The third-order valence-corrected chi connectivity index (χ3v) is 14.3. The van der Waals surface area contributed by atoms with E-state index >= 15 is 0 Å². The lowest BCUT2D eigenvalue weighted by molar-refractivity contribution is -0.344. The van der Waals surface area contributed by atoms with E-state index in [0.717, 1.165) is 25.5 Å². The highest BCUT2D eigenvalue weighted by Gasteiger charge is 2.54. The van der Waals surface area contributed by atoms with Crippen LogP contribution in [0.3, 0.4) is 0 Å². The van der Waals surface area contributed by atoms with Gasteiger partial charge in [-0.3, -0.25) is 24.0 Å². The van der Waals surface area contributed by atoms with Crippen molar-refractivity contribution in [3.63, 3.8) is 0 Å². The number of esters is 5. The van der Waals surface area contributed by atoms with Gasteiger partial charge in [0.25, 0.3) is 0 Å². The van der Waals surface area contributed by atoms with Gasteiger partial charge in [0.2, 0.25) is 0 Å². The quantitative estimate of drug-likeness (QED) is 0.0836. The number of aliphatic hydroxyl groups excluding tert-OH is 1. The molecule has 4 rings (SSSR count). The summed E-state index contributed by atoms with van der Waals surface area (Å²) in [6.45, 7) is 16.2. The maximum absolute atomic E-state index is 13.9. The minimum absolute atomic E-state index is 0.0280. The predicted molar refractivity (Wildman–Crippen MR) is 270 cm³/mol. The molecule has 420 valence electrons. The zero-order chi connectivity index (χ0) is 54.9. The summed E-state index contributed by atoms with van der Waals surface area (Å²) in [7, 11) is 6.83. The molecule has 1 N–H and O–H groups in total. The number of aryl methyl sites for hydroxylation is 1. The molecule has 0 spiro atoms. The number of unbranched alkanes of at least 4 members (excludes halogenated alkanes) is 1. The number of aldehydes is 1. The van der Waals surface area contributed by atoms with Crippen LogP contribution in [0.15, 0.2) is 30.3 Å². The molecule has 3 saturated heterocycles. The highest BCUT2D eigenvalue weighted by molar-refractivity contribution is 5.73. The number of ether oxygens (including phenoxy) is 10. The van der Waals surface area contributed by atoms with Gasteiger partial charge < -0.3 is 62.2 Å². The lowest BCUT2D eigenvalue weighted by Gasteiger charge is -2.50. The first kappa shape index (κ1) is 62.4. The first-order valence-electron chi connectivity index (χ1n) is 26.4. The number of likely N-dealkylation sites (N-methyl/N-ethyl adjacent to an activating group) is 1. The van der Waals surface area contributed by atoms with Crippen molar-refractivity contribution in [1.82, 2.24) is 14.9 Å². The topological polar surface area (TPSA) is 225 Å². The molecule has 0 bridgehead atoms. The molecule has 20 heteroatoms. The van der Waals surface area contributed by atoms with Crippen LogP contribution in [0.2, 0.25) is 0 Å². The summed E-state index contributed by atoms with van der Waals surface area (Å²) >= 11 is 0. The van der Waals surface area contributed by atoms with Crippen molar-refractivity contribution in [3.8, 4) is 0 Å². The zero-order valence-corrected chi connectivity index (χ0v) is 46.1. The number of hydrogen-bond acceptors (Lipinski definition) is 20. The fraction of sp³-hybridized carbons (Fsp3) is 0.778. The average molecular weight is 1050 g/mol. The summed E-state index contributed by atoms with van der Waals surface area (Å²) < 4.78 is 62.1. The largest absolute Gasteiger partial charge is 0.463 e. The van der Waals surface area contributed by atoms with Crippen molar-refractivity contribution >= 4 is 36.1 Å². The summed E-state index contributed by atoms with van der Waals surface area (Å²) in [4.78, 5) is 79.5. The van der Waals surface area contributed by atoms with Crippen LogP contribution in [0.4, 0.5) is 0 Å². The summed E-state index contributed by atoms with van der Waals surface area (Å²) in [5.74, 6) is -4.01. The van der Waals surface area contributed by atoms with Crippen LogP contribution in [0.1, 0.15) is 126 Å². The van der Waals surface area contributed by atoms with E-state index in [4.69, 9.17) is 47.4 Å². The Morgan fingerprint density at radius 2 is 1.55 bits per heavy atom. The van der Waals surface area contributed by atoms with E-state index in [1.165, 1.54) is 26.5 Å². The average Bonchev–Trinajstić information content (AvgIpc) is 3.32. The van der Waals surface area contributed by atoms with Gasteiger partial charge in [-0.2, -0.15) is 0 Å². The lowest BCUT2D eigenvalue weighted by atomic mass is 9.82. The zero-order valence-electron chi connectivity index (χ0n) is 46.1. The molecule has 0 saturated carbocycles. The Kier molecular flexibility index (Phi) is 25.3. The predicted octanol–water partition coefficient (Wildman–Crippen LogP) is 4.97. The number of carbonyl (C=O) groups is 6. The van der Waals surface area contributed by atoms with E-state index in [9.17, 15) is 33.9 Å². The maximum Gasteiger partial charge on any atom is 0.309 e. The van der Waals surface area contributed by atoms with Gasteiger partial charge >= 0.3 is 29.8 Å². The number of rotatable bonds is 19. The van der Waals surface area contributed by atoms with Gasteiger partial charge in [-0.15, -0.1) is 0 Å². The number of cyclic esters (lactones) is 1. The van der Waals surface area contributed by atoms with Crippen LogP contribution in [-0.4, -0.2) is 189 Å². The number of hydrogen-bond donors (Lipinski definition) is 1. The van der Waals surface area contributed by atoms with Gasteiger partial charge in [0.15, 0.2) is 24.3 Å². The molecule has 0 aromatic heterocycles. The molecule has 20 nitrogen and oxygen atoms in total. The second-order valence-electron chi connectivity index (χ2n) is 20.6. The van der Waals surface area contributed by atoms with Crippen molar-refractivity contribution in [3.05, 3.63) is 35.9 Å². The fourth-order valence-corrected chi connectivity index (χ4v) is 10.5. The van der Waals surface area contributed by atoms with Crippen molar-refractivity contribution in [1.29, 1.82) is 0 Å². The Hall–Kier alpha value is -4.12. The molecule has 0 radical (unpaired) electrons. The van der Waals surface area contributed by atoms with Crippen molar-refractivity contribution in [2.75, 3.05) is 47.9 Å². The minimum Gasteiger partial charge on any atom is -0.463 e. The van der Waals surface area contributed by atoms with E-state index in [0.29, 0.717) is 26.1 Å². The SMILES string of the molecule is CCC(=O)OC1C(C)OC(OC2C(C)OC(O[C@@H]3C(OC)[C@H](OC(=O)CC)CC(=O)O[C@H](C)CCN(C)N(CCCCc4ccccc4)C[C@H](OC(C)=O)[C@H](C)C[C@@H]3CC=O)C(O)C2N(C)C)CC1(C)OC(C)=O. The molecule has 10 unspecified atom stereocenters. The fourth-order valence-electron chi connectivity index (χ4n) is 10.5. The Morgan fingerprint density at radius 3 is 2.16 bits per heavy atom. The van der Waals surface area contributed by atoms with Crippen LogP contribution < -0.4 is 0 Å². The molecule has 0 aliphatic carbocycles. The molecule has 1 aromatic rings. The van der Waals surface area contributed by atoms with Crippen molar-refractivity contribution in [2.45, 2.75) is 212 Å². The lowest BCUT2D eigenvalue weighted by Crippen LogP contribution is -2.66. The first-order valence-corrected chi connectivity index (χ1v) is 26.4. The molecule has 3 aliphatic heterocycles. The smallest absolute Gasteiger partial charge is 0.309 e. The van der Waals surface area contributed by atoms with Crippen molar-refractivity contribution < 1.29 is 81.2 Å². The van der Waals surface area contributed by atoms with E-state index in [-0.39, 0.29) is 32.1 Å². The van der Waals surface area contributed by atoms with Crippen LogP contribution in [0, 0.1) is 11.8 Å². The second-order valence-corrected chi connectivity index (χ2v) is 20.6. The summed E-state index contributed by atoms with van der Waals surface area (Å²) in [5, 5.41) is 16.7. The summed E-state index contributed by atoms with van der Waals surface area (Å²) in [6, 6.07) is 9.40. The molecule has 16 atom stereocenters. The van der Waals surface area contributed by atoms with Gasteiger partial charge in [0.05, 0.1) is 37.3 Å². The van der Waals surface area contributed by atoms with E-state index in [1.807, 2.05) is 32.2 Å². The maximum atomic E-state index is 13.9. The van der Waals surface area contributed by atoms with Crippen LogP contribution in [-0.2, 0) is 82.6 Å². The summed E-state index contributed by atoms with van der Waals surface area (Å²) in [5.41, 5.74) is -0.102. The number of aliphatic hydroxyl groups is 1. The van der Waals surface area contributed by atoms with E-state index in [2.05, 4.69) is 22.2 Å². The molecule has 3 heterocycles. The third-order valence-electron chi connectivity index (χ3n) is 14.3. The number of hydrazine groups is 1. The van der Waals surface area contributed by atoms with Crippen molar-refractivity contribution in [2.24, 2.45) is 11.8 Å². The Labute approximate surface area is 438 Å². The number of methoxy groups -OCH3 is 1. The molecular weight excluding hydrogens is 963 g/mol. The normalized spacial score (nSPS) is 34.3. The van der Waals surface area contributed by atoms with Gasteiger partial charge in [-0.25, -0.2) is 10.0 Å². The van der Waals surface area contributed by atoms with Gasteiger partial charge in [0, 0.05) is 66.8 Å². The van der Waals surface area contributed by atoms with E-state index in [1.54, 1.807) is 60.5 Å². The second kappa shape index (κ2) is 30.0. The van der Waals surface area contributed by atoms with Gasteiger partial charge in [-0.1, -0.05) is 51.1 Å². The van der Waals surface area contributed by atoms with E-state index < -0.39 is 133 Å². The molecule has 0 amide bonds. The molecule has 74 heavy (non-hydrogen) atoms. The molecule has 3 aliphatic rings. The standard InChI is InChI=1S/C54H87N3O17/c1-14-43(61)70-41-30-45(63)66-34(4)24-27-56(12)57(26-20-19-23-39-21-17-16-18-22-39)32-42(69-37(7)59)33(3)29-40(25-28-58)50(51(41)65-13)73-53-48(64)47(55(10)11)49(35(5)68-53)72-46-31-54(9,74-38(8)60)52(36(6)67-46)71-44(62)15-2/h16-18,21-22,28,33-36,40-42,46-53,64H,14-15,19-20,23-27,29-32H2,1-13H3/t33-,34-,35?,36?,40+,41-,42+,46?,47?,48?,49?,50+,51?,52?,53?,54?/m1/s1.